The Hall–Kier alpha value is -5.58. The zero-order valence-electron chi connectivity index (χ0n) is 35.0. The van der Waals surface area contributed by atoms with Crippen LogP contribution in [0.3, 0.4) is 0 Å². The molecule has 0 saturated carbocycles. The highest BCUT2D eigenvalue weighted by Gasteiger charge is 2.46. The SMILES string of the molecule is CC(Oc1cc(-c2cnn(C3CCN(C(=O)CCCCCCCN4CC(Nc5cccc6c5C(=O)N(C5CCC(=O)NC5=O)C6=O)C4)CC3)c2)cnc1N)c1c(Cl)ccc(F)c1Cl. The van der Waals surface area contributed by atoms with Crippen LogP contribution in [0.5, 0.6) is 5.75 Å². The van der Waals surface area contributed by atoms with Gasteiger partial charge in [0.25, 0.3) is 11.8 Å². The van der Waals surface area contributed by atoms with Crippen molar-refractivity contribution in [2.24, 2.45) is 0 Å². The molecular weight excluding hydrogens is 852 g/mol. The molecule has 3 saturated heterocycles. The van der Waals surface area contributed by atoms with Gasteiger partial charge in [-0.25, -0.2) is 9.37 Å². The maximum Gasteiger partial charge on any atom is 0.264 e. The number of piperidine rings is 2. The number of rotatable bonds is 16. The van der Waals surface area contributed by atoms with Gasteiger partial charge in [0.05, 0.1) is 34.4 Å². The highest BCUT2D eigenvalue weighted by atomic mass is 35.5. The van der Waals surface area contributed by atoms with Crippen molar-refractivity contribution in [3.63, 3.8) is 0 Å². The summed E-state index contributed by atoms with van der Waals surface area (Å²) in [5.41, 5.74) is 9.17. The van der Waals surface area contributed by atoms with Gasteiger partial charge < -0.3 is 20.7 Å². The Morgan fingerprint density at radius 3 is 2.52 bits per heavy atom. The van der Waals surface area contributed by atoms with E-state index in [4.69, 9.17) is 33.7 Å². The van der Waals surface area contributed by atoms with Crippen LogP contribution in [0.15, 0.2) is 55.0 Å². The number of halogens is 3. The summed E-state index contributed by atoms with van der Waals surface area (Å²) in [4.78, 5) is 73.3. The number of anilines is 2. The number of unbranched alkanes of at least 4 members (excludes halogenated alkanes) is 4. The van der Waals surface area contributed by atoms with Crippen molar-refractivity contribution in [1.82, 2.24) is 34.8 Å². The second-order valence-corrected chi connectivity index (χ2v) is 17.5. The van der Waals surface area contributed by atoms with E-state index >= 15 is 0 Å². The van der Waals surface area contributed by atoms with Gasteiger partial charge in [0.1, 0.15) is 18.0 Å². The van der Waals surface area contributed by atoms with Gasteiger partial charge in [-0.2, -0.15) is 5.10 Å². The molecule has 63 heavy (non-hydrogen) atoms. The molecule has 2 atom stereocenters. The highest BCUT2D eigenvalue weighted by molar-refractivity contribution is 6.36. The molecule has 2 unspecified atom stereocenters. The van der Waals surface area contributed by atoms with Gasteiger partial charge in [-0.1, -0.05) is 48.5 Å². The van der Waals surface area contributed by atoms with Crippen molar-refractivity contribution in [2.75, 3.05) is 43.8 Å². The Balaban J connectivity index is 0.708. The lowest BCUT2D eigenvalue weighted by atomic mass is 10.0. The number of nitrogens with one attached hydrogen (secondary N) is 2. The first-order chi connectivity index (χ1) is 30.4. The first-order valence-electron chi connectivity index (χ1n) is 21.6. The third-order valence-corrected chi connectivity index (χ3v) is 13.2. The van der Waals surface area contributed by atoms with Gasteiger partial charge in [-0.3, -0.25) is 43.8 Å². The fraction of sp³-hybridized carbons (Fsp3) is 0.444. The molecule has 3 fully saturated rings. The number of likely N-dealkylation sites (tertiary alicyclic amines) is 2. The van der Waals surface area contributed by atoms with Crippen LogP contribution in [0.25, 0.3) is 11.1 Å². The van der Waals surface area contributed by atoms with E-state index in [2.05, 4.69) is 25.6 Å². The third kappa shape index (κ3) is 9.53. The second-order valence-electron chi connectivity index (χ2n) is 16.7. The predicted octanol–water partition coefficient (Wildman–Crippen LogP) is 6.81. The Kier molecular flexibility index (Phi) is 13.3. The number of benzene rings is 2. The Morgan fingerprint density at radius 1 is 0.984 bits per heavy atom. The maximum atomic E-state index is 14.2. The largest absolute Gasteiger partial charge is 0.482 e. The normalized spacial score (nSPS) is 19.0. The van der Waals surface area contributed by atoms with Crippen molar-refractivity contribution in [3.8, 4) is 16.9 Å². The van der Waals surface area contributed by atoms with Crippen LogP contribution in [-0.4, -0.2) is 104 Å². The number of nitrogens with two attached hydrogens (primary N) is 1. The van der Waals surface area contributed by atoms with Crippen LogP contribution in [0.2, 0.25) is 10.0 Å². The lowest BCUT2D eigenvalue weighted by Gasteiger charge is -2.40. The standard InChI is InChI=1S/C45H50Cl2FN9O6/c1-26(39-32(46)11-12-33(48)41(39)47)63-36-20-27(21-50-42(36)49)28-22-51-56(23-28)30-15-18-55(19-16-30)38(59)10-5-3-2-4-6-17-54-24-29(25-54)52-34-9-7-8-31-40(34)45(62)57(44(31)61)35-13-14-37(58)53-43(35)60/h7-9,11-12,20-23,26,29-30,35,52H,2-6,10,13-19,24-25H2,1H3,(H2,49,50)(H,53,58,60). The quantitative estimate of drug-likeness (QED) is 0.0610. The van der Waals surface area contributed by atoms with Crippen molar-refractivity contribution in [3.05, 3.63) is 87.5 Å². The van der Waals surface area contributed by atoms with Crippen molar-refractivity contribution < 1.29 is 33.1 Å². The lowest BCUT2D eigenvalue weighted by Crippen LogP contribution is -2.55. The molecule has 18 heteroatoms. The summed E-state index contributed by atoms with van der Waals surface area (Å²) in [6.45, 7) is 5.66. The number of nitrogens with zero attached hydrogens (tertiary/aromatic N) is 6. The first-order valence-corrected chi connectivity index (χ1v) is 22.3. The molecule has 6 heterocycles. The number of hydrogen-bond donors (Lipinski definition) is 3. The molecule has 4 aliphatic rings. The number of fused-ring (bicyclic) bond motifs is 1. The van der Waals surface area contributed by atoms with Crippen LogP contribution < -0.4 is 21.1 Å². The fourth-order valence-electron chi connectivity index (χ4n) is 8.94. The summed E-state index contributed by atoms with van der Waals surface area (Å²) in [6.07, 6.45) is 12.1. The summed E-state index contributed by atoms with van der Waals surface area (Å²) in [5, 5.41) is 10.5. The number of hydrogen-bond acceptors (Lipinski definition) is 11. The fourth-order valence-corrected chi connectivity index (χ4v) is 9.62. The summed E-state index contributed by atoms with van der Waals surface area (Å²) >= 11 is 12.5. The van der Waals surface area contributed by atoms with Gasteiger partial charge in [-0.05, 0) is 75.9 Å². The number of carbonyl (C=O) groups excluding carboxylic acids is 5. The monoisotopic (exact) mass is 901 g/mol. The third-order valence-electron chi connectivity index (χ3n) is 12.4. The number of imide groups is 2. The molecular formula is C45H50Cl2FN9O6. The number of amides is 5. The molecule has 5 amide bonds. The molecule has 4 aliphatic heterocycles. The van der Waals surface area contributed by atoms with Gasteiger partial charge in [-0.15, -0.1) is 0 Å². The number of carbonyl (C=O) groups is 5. The Morgan fingerprint density at radius 2 is 1.75 bits per heavy atom. The van der Waals surface area contributed by atoms with E-state index < -0.39 is 41.6 Å². The number of pyridine rings is 1. The zero-order valence-corrected chi connectivity index (χ0v) is 36.5. The number of ether oxygens (including phenoxy) is 1. The Bertz CT molecular complexity index is 2420. The Labute approximate surface area is 374 Å². The van der Waals surface area contributed by atoms with Crippen LogP contribution in [0.4, 0.5) is 15.9 Å². The van der Waals surface area contributed by atoms with Crippen LogP contribution in [-0.2, 0) is 14.4 Å². The van der Waals surface area contributed by atoms with E-state index in [1.165, 1.54) is 12.1 Å². The van der Waals surface area contributed by atoms with E-state index in [1.54, 1.807) is 43.6 Å². The van der Waals surface area contributed by atoms with Gasteiger partial charge in [0.2, 0.25) is 17.7 Å². The van der Waals surface area contributed by atoms with Crippen LogP contribution in [0, 0.1) is 5.82 Å². The van der Waals surface area contributed by atoms with Gasteiger partial charge in [0.15, 0.2) is 11.6 Å². The predicted molar refractivity (Wildman–Crippen MR) is 235 cm³/mol. The molecule has 0 spiro atoms. The summed E-state index contributed by atoms with van der Waals surface area (Å²) in [5.74, 6) is -1.96. The minimum Gasteiger partial charge on any atom is -0.482 e. The summed E-state index contributed by atoms with van der Waals surface area (Å²) < 4.78 is 22.2. The molecule has 0 radical (unpaired) electrons. The van der Waals surface area contributed by atoms with E-state index in [-0.39, 0.29) is 57.8 Å². The summed E-state index contributed by atoms with van der Waals surface area (Å²) in [7, 11) is 0. The van der Waals surface area contributed by atoms with E-state index in [9.17, 15) is 28.4 Å². The van der Waals surface area contributed by atoms with Gasteiger partial charge in [0, 0.05) is 78.8 Å². The molecule has 0 aliphatic carbocycles. The van der Waals surface area contributed by atoms with E-state index in [0.717, 1.165) is 80.6 Å². The first kappa shape index (κ1) is 44.0. The average molecular weight is 903 g/mol. The van der Waals surface area contributed by atoms with Crippen LogP contribution in [0.1, 0.15) is 110 Å². The minimum atomic E-state index is -0.995. The van der Waals surface area contributed by atoms with Crippen molar-refractivity contribution >= 4 is 64.2 Å². The zero-order chi connectivity index (χ0) is 44.4. The van der Waals surface area contributed by atoms with Gasteiger partial charge >= 0.3 is 0 Å². The molecule has 4 aromatic rings. The lowest BCUT2D eigenvalue weighted by molar-refractivity contribution is -0.136. The van der Waals surface area contributed by atoms with Crippen molar-refractivity contribution in [2.45, 2.75) is 95.4 Å². The van der Waals surface area contributed by atoms with E-state index in [1.807, 2.05) is 15.8 Å². The van der Waals surface area contributed by atoms with Crippen molar-refractivity contribution in [1.29, 1.82) is 0 Å². The topological polar surface area (TPSA) is 185 Å². The molecule has 0 bridgehead atoms. The minimum absolute atomic E-state index is 0.0776. The second kappa shape index (κ2) is 19.0. The molecule has 4 N–H and O–H groups in total. The average Bonchev–Trinajstić information content (AvgIpc) is 3.85. The molecule has 8 rings (SSSR count). The summed E-state index contributed by atoms with van der Waals surface area (Å²) in [6, 6.07) is 8.81. The highest BCUT2D eigenvalue weighted by Crippen LogP contribution is 2.38. The molecule has 2 aromatic heterocycles. The number of aromatic nitrogens is 3. The molecule has 15 nitrogen and oxygen atoms in total. The molecule has 2 aromatic carbocycles. The number of nitrogen functional groups attached to an aromatic ring is 1. The maximum absolute atomic E-state index is 14.2. The van der Waals surface area contributed by atoms with Crippen LogP contribution >= 0.6 is 23.2 Å². The smallest absolute Gasteiger partial charge is 0.264 e. The van der Waals surface area contributed by atoms with E-state index in [0.29, 0.717) is 36.5 Å². The molecule has 332 valence electrons.